The molecule has 4 rings (SSSR count). The summed E-state index contributed by atoms with van der Waals surface area (Å²) < 4.78 is 28.6. The van der Waals surface area contributed by atoms with Crippen LogP contribution in [0.25, 0.3) is 0 Å². The van der Waals surface area contributed by atoms with Gasteiger partial charge in [-0.25, -0.2) is 0 Å². The number of ether oxygens (including phenoxy) is 5. The third-order valence-electron chi connectivity index (χ3n) is 7.80. The van der Waals surface area contributed by atoms with E-state index in [-0.39, 0.29) is 12.3 Å². The average Bonchev–Trinajstić information content (AvgIpc) is 2.98. The van der Waals surface area contributed by atoms with Crippen LogP contribution in [0.3, 0.4) is 0 Å². The van der Waals surface area contributed by atoms with E-state index >= 15 is 0 Å². The molecule has 3 heterocycles. The molecule has 0 aromatic heterocycles. The number of aliphatic hydroxyl groups excluding tert-OH is 8. The summed E-state index contributed by atoms with van der Waals surface area (Å²) in [6, 6.07) is 2.54. The average molecular weight is 608 g/mol. The van der Waals surface area contributed by atoms with Crippen molar-refractivity contribution in [1.29, 1.82) is 0 Å². The highest BCUT2D eigenvalue weighted by molar-refractivity contribution is 5.31. The number of para-hydroxylation sites is 1. The number of hydrogen-bond acceptors (Lipinski definition) is 17. The Morgan fingerprint density at radius 1 is 0.690 bits per heavy atom. The Kier molecular flexibility index (Phi) is 11.4. The van der Waals surface area contributed by atoms with Gasteiger partial charge in [-0.15, -0.1) is 0 Å². The molecule has 3 aliphatic heterocycles. The van der Waals surface area contributed by atoms with Crippen molar-refractivity contribution < 1.29 is 69.6 Å². The maximum atomic E-state index is 11.5. The molecule has 17 heteroatoms. The van der Waals surface area contributed by atoms with E-state index < -0.39 is 112 Å². The van der Waals surface area contributed by atoms with E-state index in [9.17, 15) is 46.0 Å². The van der Waals surface area contributed by atoms with Gasteiger partial charge in [-0.05, 0) is 6.07 Å². The van der Waals surface area contributed by atoms with E-state index in [0.717, 1.165) is 0 Å². The molecule has 42 heavy (non-hydrogen) atoms. The fourth-order valence-electron chi connectivity index (χ4n) is 5.26. The molecular formula is C25H41N3O14. The largest absolute Gasteiger partial charge is 0.508 e. The highest BCUT2D eigenvalue weighted by Gasteiger charge is 2.53. The standard InChI is InChI=1S/C25H41N3O14/c26-14-19(35)21(12(7-30)38-23(14)37)42-25-16(28-5-9-3-1-2-4-10(9)32)20(36)22(13(8-31)40-25)41-24-15(27)18(34)17(33)11(6-29)39-24/h1-4,11-25,28-37H,5-8,26-27H2/t11-,12-,13-,14-,15-,16-,17-,18-,19-,20-,21?,22?,23-,24+,25+/m1/s1. The highest BCUT2D eigenvalue weighted by atomic mass is 16.7. The molecule has 17 nitrogen and oxygen atoms in total. The van der Waals surface area contributed by atoms with Crippen molar-refractivity contribution in [2.75, 3.05) is 19.8 Å². The predicted molar refractivity (Wildman–Crippen MR) is 138 cm³/mol. The van der Waals surface area contributed by atoms with E-state index in [1.807, 2.05) is 0 Å². The first-order valence-electron chi connectivity index (χ1n) is 13.5. The number of phenolic OH excluding ortho intramolecular Hbond substituents is 1. The van der Waals surface area contributed by atoms with Crippen LogP contribution in [0.15, 0.2) is 24.3 Å². The Hall–Kier alpha value is -1.62. The van der Waals surface area contributed by atoms with E-state index in [2.05, 4.69) is 5.32 Å². The number of nitrogens with two attached hydrogens (primary N) is 2. The summed E-state index contributed by atoms with van der Waals surface area (Å²) in [5, 5.41) is 95.4. The smallest absolute Gasteiger partial charge is 0.176 e. The normalized spacial score (nSPS) is 44.7. The second-order valence-corrected chi connectivity index (χ2v) is 10.6. The van der Waals surface area contributed by atoms with Gasteiger partial charge in [-0.3, -0.25) is 0 Å². The zero-order valence-corrected chi connectivity index (χ0v) is 22.5. The first-order valence-corrected chi connectivity index (χ1v) is 13.5. The highest BCUT2D eigenvalue weighted by Crippen LogP contribution is 2.32. The monoisotopic (exact) mass is 607 g/mol. The Morgan fingerprint density at radius 2 is 1.26 bits per heavy atom. The maximum Gasteiger partial charge on any atom is 0.176 e. The Labute approximate surface area is 240 Å². The summed E-state index contributed by atoms with van der Waals surface area (Å²) >= 11 is 0. The second-order valence-electron chi connectivity index (χ2n) is 10.6. The molecule has 240 valence electrons. The van der Waals surface area contributed by atoms with Crippen LogP contribution in [0, 0.1) is 0 Å². The van der Waals surface area contributed by atoms with Crippen molar-refractivity contribution >= 4 is 0 Å². The number of nitrogens with one attached hydrogen (secondary N) is 1. The van der Waals surface area contributed by atoms with Gasteiger partial charge in [-0.2, -0.15) is 0 Å². The van der Waals surface area contributed by atoms with Gasteiger partial charge in [0.15, 0.2) is 18.9 Å². The van der Waals surface area contributed by atoms with Crippen LogP contribution in [0.1, 0.15) is 5.56 Å². The lowest BCUT2D eigenvalue weighted by atomic mass is 9.94. The van der Waals surface area contributed by atoms with Gasteiger partial charge < -0.3 is 86.4 Å². The van der Waals surface area contributed by atoms with Crippen molar-refractivity contribution in [2.24, 2.45) is 11.5 Å². The van der Waals surface area contributed by atoms with Gasteiger partial charge in [0.2, 0.25) is 0 Å². The van der Waals surface area contributed by atoms with Crippen molar-refractivity contribution in [3.05, 3.63) is 29.8 Å². The predicted octanol–water partition coefficient (Wildman–Crippen LogP) is -6.14. The van der Waals surface area contributed by atoms with Crippen LogP contribution >= 0.6 is 0 Å². The molecule has 3 saturated heterocycles. The lowest BCUT2D eigenvalue weighted by Gasteiger charge is -2.49. The van der Waals surface area contributed by atoms with Crippen molar-refractivity contribution in [1.82, 2.24) is 5.32 Å². The number of rotatable bonds is 10. The van der Waals surface area contributed by atoms with Crippen LogP contribution in [-0.4, -0.2) is 158 Å². The molecule has 0 aliphatic carbocycles. The molecule has 3 aliphatic rings. The van der Waals surface area contributed by atoms with Gasteiger partial charge in [0.25, 0.3) is 0 Å². The Balaban J connectivity index is 1.60. The SMILES string of the molecule is N[C@H]1[C@H](OC2[C@@H](CO)O[C@@H](OC3[C@@H](CO)O[C@@H](O)[C@H](N)[C@H]3O)[C@H](NCc3ccccc3O)[C@H]2O)O[C@H](CO)[C@@H](O)[C@@H]1O. The van der Waals surface area contributed by atoms with E-state index in [4.69, 9.17) is 35.2 Å². The minimum Gasteiger partial charge on any atom is -0.508 e. The molecule has 0 saturated carbocycles. The van der Waals surface area contributed by atoms with Gasteiger partial charge in [0.1, 0.15) is 60.7 Å². The fraction of sp³-hybridized carbons (Fsp3) is 0.760. The van der Waals surface area contributed by atoms with Gasteiger partial charge in [0, 0.05) is 12.1 Å². The summed E-state index contributed by atoms with van der Waals surface area (Å²) in [4.78, 5) is 0. The third-order valence-corrected chi connectivity index (χ3v) is 7.80. The van der Waals surface area contributed by atoms with Crippen molar-refractivity contribution in [3.63, 3.8) is 0 Å². The van der Waals surface area contributed by atoms with E-state index in [1.165, 1.54) is 6.07 Å². The molecule has 1 aromatic carbocycles. The zero-order chi connectivity index (χ0) is 30.7. The third kappa shape index (κ3) is 6.87. The summed E-state index contributed by atoms with van der Waals surface area (Å²) in [7, 11) is 0. The number of benzene rings is 1. The van der Waals surface area contributed by atoms with Gasteiger partial charge >= 0.3 is 0 Å². The van der Waals surface area contributed by atoms with Crippen molar-refractivity contribution in [2.45, 2.75) is 98.5 Å². The van der Waals surface area contributed by atoms with Gasteiger partial charge in [0.05, 0.1) is 37.9 Å². The molecule has 0 bridgehead atoms. The molecule has 14 N–H and O–H groups in total. The fourth-order valence-corrected chi connectivity index (χ4v) is 5.26. The number of hydrogen-bond donors (Lipinski definition) is 12. The molecule has 3 fully saturated rings. The van der Waals surface area contributed by atoms with Crippen molar-refractivity contribution in [3.8, 4) is 5.75 Å². The second kappa shape index (κ2) is 14.4. The molecule has 2 unspecified atom stereocenters. The minimum absolute atomic E-state index is 0.0313. The topological polar surface area (TPSA) is 292 Å². The quantitative estimate of drug-likeness (QED) is 0.118. The summed E-state index contributed by atoms with van der Waals surface area (Å²) in [5.74, 6) is -0.0460. The molecule has 1 aromatic rings. The van der Waals surface area contributed by atoms with Crippen LogP contribution in [0.5, 0.6) is 5.75 Å². The molecule has 0 radical (unpaired) electrons. The number of aromatic hydroxyl groups is 1. The molecule has 0 spiro atoms. The first-order chi connectivity index (χ1) is 20.0. The lowest BCUT2D eigenvalue weighted by molar-refractivity contribution is -0.350. The Morgan fingerprint density at radius 3 is 1.90 bits per heavy atom. The summed E-state index contributed by atoms with van der Waals surface area (Å²) in [6.07, 6.45) is -17.2. The molecule has 15 atom stereocenters. The molecular weight excluding hydrogens is 566 g/mol. The van der Waals surface area contributed by atoms with E-state index in [0.29, 0.717) is 5.56 Å². The Bertz CT molecular complexity index is 993. The molecule has 0 amide bonds. The minimum atomic E-state index is -1.59. The van der Waals surface area contributed by atoms with Crippen LogP contribution < -0.4 is 16.8 Å². The van der Waals surface area contributed by atoms with Crippen LogP contribution in [0.2, 0.25) is 0 Å². The maximum absolute atomic E-state index is 11.5. The number of phenols is 1. The van der Waals surface area contributed by atoms with Crippen LogP contribution in [-0.2, 0) is 30.2 Å². The summed E-state index contributed by atoms with van der Waals surface area (Å²) in [5.41, 5.74) is 12.3. The zero-order valence-electron chi connectivity index (χ0n) is 22.5. The van der Waals surface area contributed by atoms with Crippen LogP contribution in [0.4, 0.5) is 0 Å². The van der Waals surface area contributed by atoms with Gasteiger partial charge in [-0.1, -0.05) is 18.2 Å². The summed E-state index contributed by atoms with van der Waals surface area (Å²) in [6.45, 7) is -2.11. The van der Waals surface area contributed by atoms with E-state index in [1.54, 1.807) is 18.2 Å². The first kappa shape index (κ1) is 33.3. The lowest BCUT2D eigenvalue weighted by Crippen LogP contribution is -2.69. The number of aliphatic hydroxyl groups is 8.